The molecule has 2 atom stereocenters. The van der Waals surface area contributed by atoms with Crippen molar-refractivity contribution in [2.45, 2.75) is 69.8 Å². The Labute approximate surface area is 225 Å². The number of alkyl halides is 9. The number of aliphatic carboxylic acids is 3. The van der Waals surface area contributed by atoms with Gasteiger partial charge in [0.15, 0.2) is 0 Å². The predicted molar refractivity (Wildman–Crippen MR) is 119 cm³/mol. The summed E-state index contributed by atoms with van der Waals surface area (Å²) in [5.74, 6) is -7.23. The van der Waals surface area contributed by atoms with Crippen LogP contribution in [-0.4, -0.2) is 98.3 Å². The molecule has 1 aliphatic carbocycles. The highest BCUT2D eigenvalue weighted by Gasteiger charge is 2.44. The quantitative estimate of drug-likeness (QED) is 0.420. The predicted octanol–water partition coefficient (Wildman–Crippen LogP) is 4.41. The zero-order valence-electron chi connectivity index (χ0n) is 20.7. The van der Waals surface area contributed by atoms with Gasteiger partial charge in [0, 0.05) is 43.6 Å². The molecule has 3 heterocycles. The summed E-state index contributed by atoms with van der Waals surface area (Å²) in [5, 5.41) is 24.8. The molecule has 2 aliphatic heterocycles. The second-order valence-electron chi connectivity index (χ2n) is 8.89. The van der Waals surface area contributed by atoms with Gasteiger partial charge in [-0.05, 0) is 38.5 Å². The third kappa shape index (κ3) is 12.7. The van der Waals surface area contributed by atoms with Crippen molar-refractivity contribution in [3.05, 3.63) is 16.1 Å². The minimum absolute atomic E-state index is 0.806. The Bertz CT molecular complexity index is 939. The second kappa shape index (κ2) is 14.3. The van der Waals surface area contributed by atoms with Crippen LogP contribution in [0.4, 0.5) is 39.5 Å². The summed E-state index contributed by atoms with van der Waals surface area (Å²) in [6, 6.07) is 1.65. The van der Waals surface area contributed by atoms with Gasteiger partial charge in [-0.25, -0.2) is 19.4 Å². The molecule has 0 aromatic carbocycles. The maximum atomic E-state index is 10.6. The molecule has 0 bridgehead atoms. The highest BCUT2D eigenvalue weighted by Crippen LogP contribution is 2.37. The molecule has 4 rings (SSSR count). The zero-order valence-corrected chi connectivity index (χ0v) is 21.5. The molecule has 3 aliphatic rings. The Balaban J connectivity index is 0.000000319. The van der Waals surface area contributed by atoms with E-state index < -0.39 is 36.4 Å². The molecule has 9 nitrogen and oxygen atoms in total. The summed E-state index contributed by atoms with van der Waals surface area (Å²) in [5.41, 5.74) is 1.28. The van der Waals surface area contributed by atoms with Gasteiger partial charge < -0.3 is 15.3 Å². The molecule has 0 amide bonds. The Kier molecular flexibility index (Phi) is 12.6. The second-order valence-corrected chi connectivity index (χ2v) is 9.95. The number of carboxylic acids is 3. The number of hydrogen-bond acceptors (Lipinski definition) is 7. The van der Waals surface area contributed by atoms with E-state index in [1.807, 2.05) is 0 Å². The fourth-order valence-corrected chi connectivity index (χ4v) is 4.51. The number of rotatable bonds is 4. The molecule has 1 aromatic heterocycles. The van der Waals surface area contributed by atoms with Crippen molar-refractivity contribution in [1.29, 1.82) is 0 Å². The number of fused-ring (bicyclic) bond motifs is 1. The lowest BCUT2D eigenvalue weighted by Crippen LogP contribution is -2.37. The van der Waals surface area contributed by atoms with Crippen LogP contribution in [0.1, 0.15) is 36.4 Å². The summed E-state index contributed by atoms with van der Waals surface area (Å²) < 4.78 is 95.2. The number of aryl methyl sites for hydroxylation is 1. The van der Waals surface area contributed by atoms with Crippen molar-refractivity contribution < 1.29 is 69.2 Å². The molecule has 2 saturated heterocycles. The number of hydrogen-bond donors (Lipinski definition) is 3. The van der Waals surface area contributed by atoms with Gasteiger partial charge in [0.05, 0.1) is 10.7 Å². The van der Waals surface area contributed by atoms with Crippen molar-refractivity contribution in [2.75, 3.05) is 19.6 Å². The Morgan fingerprint density at radius 2 is 1.18 bits per heavy atom. The summed E-state index contributed by atoms with van der Waals surface area (Å²) in [6.07, 6.45) is -9.54. The van der Waals surface area contributed by atoms with Crippen molar-refractivity contribution in [2.24, 2.45) is 5.92 Å². The van der Waals surface area contributed by atoms with Crippen LogP contribution >= 0.6 is 11.3 Å². The van der Waals surface area contributed by atoms with E-state index in [9.17, 15) is 39.5 Å². The van der Waals surface area contributed by atoms with Gasteiger partial charge in [0.25, 0.3) is 0 Å². The first-order valence-electron chi connectivity index (χ1n) is 11.4. The number of likely N-dealkylation sites (tertiary alicyclic amines) is 2. The fourth-order valence-electron chi connectivity index (χ4n) is 3.91. The largest absolute Gasteiger partial charge is 0.490 e. The molecule has 40 heavy (non-hydrogen) atoms. The lowest BCUT2D eigenvalue weighted by atomic mass is 10.1. The smallest absolute Gasteiger partial charge is 0.475 e. The Morgan fingerprint density at radius 1 is 0.800 bits per heavy atom. The van der Waals surface area contributed by atoms with E-state index in [1.165, 1.54) is 56.0 Å². The van der Waals surface area contributed by atoms with E-state index in [0.29, 0.717) is 0 Å². The first-order valence-corrected chi connectivity index (χ1v) is 12.3. The van der Waals surface area contributed by atoms with Gasteiger partial charge in [-0.3, -0.25) is 9.80 Å². The number of carbonyl (C=O) groups is 3. The van der Waals surface area contributed by atoms with Crippen LogP contribution in [-0.2, 0) is 20.9 Å². The van der Waals surface area contributed by atoms with E-state index in [2.05, 4.69) is 27.1 Å². The Hall–Kier alpha value is -2.67. The number of nitrogens with zero attached hydrogens (tertiary/aromatic N) is 3. The first-order chi connectivity index (χ1) is 18.1. The van der Waals surface area contributed by atoms with Crippen LogP contribution < -0.4 is 0 Å². The van der Waals surface area contributed by atoms with E-state index in [-0.39, 0.29) is 0 Å². The van der Waals surface area contributed by atoms with Crippen LogP contribution in [0.2, 0.25) is 0 Å². The third-order valence-corrected chi connectivity index (χ3v) is 6.58. The van der Waals surface area contributed by atoms with Crippen molar-refractivity contribution >= 4 is 29.2 Å². The molecule has 2 unspecified atom stereocenters. The van der Waals surface area contributed by atoms with E-state index in [0.717, 1.165) is 24.5 Å². The van der Waals surface area contributed by atoms with E-state index in [4.69, 9.17) is 29.7 Å². The average molecular weight is 620 g/mol. The molecule has 1 aromatic rings. The van der Waals surface area contributed by atoms with Gasteiger partial charge in [0.1, 0.15) is 0 Å². The summed E-state index contributed by atoms with van der Waals surface area (Å²) in [4.78, 5) is 36.8. The van der Waals surface area contributed by atoms with Gasteiger partial charge in [-0.1, -0.05) is 0 Å². The number of halogens is 9. The fraction of sp³-hybridized carbons (Fsp3) is 0.714. The number of thiazole rings is 1. The molecule has 3 fully saturated rings. The van der Waals surface area contributed by atoms with Gasteiger partial charge >= 0.3 is 36.4 Å². The minimum Gasteiger partial charge on any atom is -0.475 e. The SMILES string of the molecule is Cc1nc(CN2CCC3C2CCN3CC2CC2)cs1.O=C(O)C(F)(F)F.O=C(O)C(F)(F)F.O=C(O)C(F)(F)F. The highest BCUT2D eigenvalue weighted by atomic mass is 32.1. The van der Waals surface area contributed by atoms with Crippen molar-refractivity contribution in [1.82, 2.24) is 14.8 Å². The third-order valence-electron chi connectivity index (χ3n) is 5.76. The molecule has 0 radical (unpaired) electrons. The first kappa shape index (κ1) is 35.4. The maximum absolute atomic E-state index is 10.6. The molecule has 19 heteroatoms. The highest BCUT2D eigenvalue weighted by molar-refractivity contribution is 7.09. The van der Waals surface area contributed by atoms with E-state index in [1.54, 1.807) is 11.3 Å². The lowest BCUT2D eigenvalue weighted by Gasteiger charge is -2.25. The summed E-state index contributed by atoms with van der Waals surface area (Å²) >= 11 is 1.78. The maximum Gasteiger partial charge on any atom is 0.490 e. The molecular weight excluding hydrogens is 593 g/mol. The zero-order chi connectivity index (χ0) is 31.1. The van der Waals surface area contributed by atoms with Crippen molar-refractivity contribution in [3.63, 3.8) is 0 Å². The minimum atomic E-state index is -5.08. The van der Waals surface area contributed by atoms with Crippen LogP contribution in [0, 0.1) is 12.8 Å². The topological polar surface area (TPSA) is 131 Å². The molecule has 1 saturated carbocycles. The van der Waals surface area contributed by atoms with Crippen LogP contribution in [0.5, 0.6) is 0 Å². The summed E-state index contributed by atoms with van der Waals surface area (Å²) in [7, 11) is 0. The lowest BCUT2D eigenvalue weighted by molar-refractivity contribution is -0.193. The van der Waals surface area contributed by atoms with Gasteiger partial charge in [-0.2, -0.15) is 39.5 Å². The summed E-state index contributed by atoms with van der Waals surface area (Å²) in [6.45, 7) is 7.16. The monoisotopic (exact) mass is 619 g/mol. The molecule has 0 spiro atoms. The molecular formula is C21H26F9N3O6S. The number of aromatic nitrogens is 1. The normalized spacial score (nSPS) is 21.1. The van der Waals surface area contributed by atoms with Crippen LogP contribution in [0.15, 0.2) is 5.38 Å². The van der Waals surface area contributed by atoms with E-state index >= 15 is 0 Å². The Morgan fingerprint density at radius 3 is 1.50 bits per heavy atom. The van der Waals surface area contributed by atoms with Gasteiger partial charge in [0.2, 0.25) is 0 Å². The molecule has 3 N–H and O–H groups in total. The van der Waals surface area contributed by atoms with Crippen LogP contribution in [0.25, 0.3) is 0 Å². The van der Waals surface area contributed by atoms with Gasteiger partial charge in [-0.15, -0.1) is 11.3 Å². The standard InChI is InChI=1S/C15H23N3S.3C2HF3O2/c1-11-16-13(10-19-11)9-18-7-5-14-15(18)4-6-17(14)8-12-2-3-12;3*3-2(4,5)1(6)7/h10,12,14-15H,2-9H2,1H3;3*(H,6,7). The molecule has 230 valence electrons. The number of carboxylic acid groups (broad SMARTS) is 3. The average Bonchev–Trinajstić information content (AvgIpc) is 3.17. The van der Waals surface area contributed by atoms with Crippen LogP contribution in [0.3, 0.4) is 0 Å². The van der Waals surface area contributed by atoms with Crippen molar-refractivity contribution in [3.8, 4) is 0 Å².